The van der Waals surface area contributed by atoms with E-state index in [2.05, 4.69) is 53.7 Å². The Morgan fingerprint density at radius 2 is 1.56 bits per heavy atom. The van der Waals surface area contributed by atoms with Gasteiger partial charge in [0.15, 0.2) is 5.78 Å². The van der Waals surface area contributed by atoms with Crippen LogP contribution in [0.2, 0.25) is 16.6 Å². The first-order valence-electron chi connectivity index (χ1n) is 13.0. The number of ketones is 1. The molecule has 0 bridgehead atoms. The van der Waals surface area contributed by atoms with Crippen molar-refractivity contribution in [2.45, 2.75) is 80.7 Å². The van der Waals surface area contributed by atoms with E-state index in [1.807, 2.05) is 42.1 Å². The van der Waals surface area contributed by atoms with Crippen LogP contribution in [0.25, 0.3) is 0 Å². The van der Waals surface area contributed by atoms with Gasteiger partial charge in [0.25, 0.3) is 8.32 Å². The Morgan fingerprint density at radius 1 is 0.944 bits per heavy atom. The zero-order chi connectivity index (χ0) is 26.2. The second-order valence-electron chi connectivity index (χ2n) is 10.9. The molecular weight excluding hydrogens is 484 g/mol. The number of thioether (sulfide) groups is 1. The number of esters is 1. The molecule has 0 N–H and O–H groups in total. The summed E-state index contributed by atoms with van der Waals surface area (Å²) >= 11 is 1.81. The van der Waals surface area contributed by atoms with Crippen LogP contribution in [0.1, 0.15) is 80.2 Å². The normalized spacial score (nSPS) is 21.8. The van der Waals surface area contributed by atoms with Crippen molar-refractivity contribution >= 4 is 31.8 Å². The molecule has 2 aliphatic rings. The van der Waals surface area contributed by atoms with E-state index < -0.39 is 8.32 Å². The lowest BCUT2D eigenvalue weighted by Crippen LogP contribution is -2.48. The van der Waals surface area contributed by atoms with E-state index in [9.17, 15) is 9.59 Å². The molecule has 2 aromatic rings. The maximum Gasteiger partial charge on any atom is 0.337 e. The van der Waals surface area contributed by atoms with Gasteiger partial charge >= 0.3 is 5.97 Å². The first-order chi connectivity index (χ1) is 17.1. The highest BCUT2D eigenvalue weighted by atomic mass is 32.2. The van der Waals surface area contributed by atoms with Gasteiger partial charge in [-0.2, -0.15) is 0 Å². The van der Waals surface area contributed by atoms with Crippen molar-refractivity contribution in [1.82, 2.24) is 0 Å². The minimum Gasteiger partial charge on any atom is -0.546 e. The van der Waals surface area contributed by atoms with Crippen molar-refractivity contribution in [3.05, 3.63) is 77.1 Å². The number of allylic oxidation sites excluding steroid dienone is 2. The van der Waals surface area contributed by atoms with Gasteiger partial charge in [-0.15, -0.1) is 11.8 Å². The van der Waals surface area contributed by atoms with E-state index in [4.69, 9.17) is 9.16 Å². The van der Waals surface area contributed by atoms with Crippen LogP contribution in [0.5, 0.6) is 0 Å². The summed E-state index contributed by atoms with van der Waals surface area (Å²) in [4.78, 5) is 26.9. The Balaban J connectivity index is 1.79. The number of hydrogen-bond acceptors (Lipinski definition) is 5. The predicted octanol–water partition coefficient (Wildman–Crippen LogP) is 8.01. The number of benzene rings is 2. The molecule has 1 aliphatic heterocycles. The molecule has 0 saturated heterocycles. The molecule has 0 amide bonds. The molecular formula is C30H38O4SSi. The van der Waals surface area contributed by atoms with E-state index in [0.717, 1.165) is 28.2 Å². The maximum absolute atomic E-state index is 13.8. The molecule has 192 valence electrons. The molecule has 4 nitrogen and oxygen atoms in total. The van der Waals surface area contributed by atoms with Crippen LogP contribution in [0.4, 0.5) is 0 Å². The SMILES string of the molecule is COC(=O)c1ccc([C@@H]2C=C(O[Si](C(C)C)(C(C)C)C(C)C)C[C@@H]3Sc4ccccc4C(=O)[C@@H]32)cc1. The zero-order valence-electron chi connectivity index (χ0n) is 22.4. The highest BCUT2D eigenvalue weighted by molar-refractivity contribution is 8.00. The molecule has 1 heterocycles. The fraction of sp³-hybridized carbons (Fsp3) is 0.467. The van der Waals surface area contributed by atoms with Crippen molar-refractivity contribution in [3.8, 4) is 0 Å². The summed E-state index contributed by atoms with van der Waals surface area (Å²) < 4.78 is 12.0. The van der Waals surface area contributed by atoms with Gasteiger partial charge in [0.1, 0.15) is 0 Å². The van der Waals surface area contributed by atoms with Gasteiger partial charge in [-0.1, -0.05) is 71.9 Å². The van der Waals surface area contributed by atoms with E-state index in [1.165, 1.54) is 7.11 Å². The van der Waals surface area contributed by atoms with Crippen LogP contribution in [0.15, 0.2) is 65.3 Å². The van der Waals surface area contributed by atoms with Crippen LogP contribution in [0, 0.1) is 5.92 Å². The van der Waals surface area contributed by atoms with Gasteiger partial charge in [-0.3, -0.25) is 4.79 Å². The number of methoxy groups -OCH3 is 1. The minimum absolute atomic E-state index is 0.107. The summed E-state index contributed by atoms with van der Waals surface area (Å²) in [7, 11) is -0.756. The van der Waals surface area contributed by atoms with Gasteiger partial charge in [0, 0.05) is 34.0 Å². The van der Waals surface area contributed by atoms with Gasteiger partial charge in [-0.25, -0.2) is 4.79 Å². The average Bonchev–Trinajstić information content (AvgIpc) is 2.85. The second kappa shape index (κ2) is 10.6. The van der Waals surface area contributed by atoms with E-state index in [-0.39, 0.29) is 28.8 Å². The highest BCUT2D eigenvalue weighted by Gasteiger charge is 2.50. The standard InChI is InChI=1S/C30H38O4SSi/c1-18(2)36(19(3)4,20(5)6)34-23-16-25(21-12-14-22(15-13-21)30(32)33-7)28-27(17-23)35-26-11-9-8-10-24(26)29(28)31/h8-16,18-20,25,27-28H,17H2,1-7H3/t25-,27-,28+/m0/s1. The Bertz CT molecular complexity index is 1130. The number of rotatable bonds is 7. The topological polar surface area (TPSA) is 52.6 Å². The van der Waals surface area contributed by atoms with Gasteiger partial charge < -0.3 is 9.16 Å². The molecule has 4 rings (SSSR count). The van der Waals surface area contributed by atoms with Crippen LogP contribution >= 0.6 is 11.8 Å². The van der Waals surface area contributed by atoms with Crippen LogP contribution in [0.3, 0.4) is 0 Å². The second-order valence-corrected chi connectivity index (χ2v) is 17.6. The number of fused-ring (bicyclic) bond motifs is 2. The third kappa shape index (κ3) is 4.70. The molecule has 0 aromatic heterocycles. The van der Waals surface area contributed by atoms with Crippen molar-refractivity contribution in [1.29, 1.82) is 0 Å². The average molecular weight is 523 g/mol. The zero-order valence-corrected chi connectivity index (χ0v) is 24.2. The molecule has 0 fully saturated rings. The Labute approximate surface area is 221 Å². The largest absolute Gasteiger partial charge is 0.546 e. The molecule has 36 heavy (non-hydrogen) atoms. The summed E-state index contributed by atoms with van der Waals surface area (Å²) in [6.07, 6.45) is 2.97. The fourth-order valence-electron chi connectivity index (χ4n) is 6.41. The summed E-state index contributed by atoms with van der Waals surface area (Å²) in [5, 5.41) is 0.107. The summed E-state index contributed by atoms with van der Waals surface area (Å²) in [5.74, 6) is 0.585. The lowest BCUT2D eigenvalue weighted by Gasteiger charge is -2.46. The van der Waals surface area contributed by atoms with E-state index in [1.54, 1.807) is 12.1 Å². The third-order valence-electron chi connectivity index (χ3n) is 8.02. The summed E-state index contributed by atoms with van der Waals surface area (Å²) in [5.41, 5.74) is 3.75. The summed E-state index contributed by atoms with van der Waals surface area (Å²) in [6.45, 7) is 13.8. The van der Waals surface area contributed by atoms with Crippen LogP contribution in [-0.2, 0) is 9.16 Å². The molecule has 3 atom stereocenters. The minimum atomic E-state index is -2.14. The number of ether oxygens (including phenoxy) is 1. The number of hydrogen-bond donors (Lipinski definition) is 0. The fourth-order valence-corrected chi connectivity index (χ4v) is 13.2. The molecule has 6 heteroatoms. The lowest BCUT2D eigenvalue weighted by molar-refractivity contribution is 0.0600. The summed E-state index contributed by atoms with van der Waals surface area (Å²) in [6, 6.07) is 15.5. The number of carbonyl (C=O) groups is 2. The smallest absolute Gasteiger partial charge is 0.337 e. The van der Waals surface area contributed by atoms with Crippen LogP contribution in [-0.4, -0.2) is 32.4 Å². The lowest BCUT2D eigenvalue weighted by atomic mass is 9.74. The third-order valence-corrected chi connectivity index (χ3v) is 15.4. The molecule has 2 aromatic carbocycles. The molecule has 0 unspecified atom stereocenters. The van der Waals surface area contributed by atoms with E-state index >= 15 is 0 Å². The Morgan fingerprint density at radius 3 is 2.14 bits per heavy atom. The van der Waals surface area contributed by atoms with Crippen LogP contribution < -0.4 is 0 Å². The quantitative estimate of drug-likeness (QED) is 0.272. The van der Waals surface area contributed by atoms with Gasteiger partial charge in [0.2, 0.25) is 0 Å². The maximum atomic E-state index is 13.8. The first-order valence-corrected chi connectivity index (χ1v) is 16.0. The number of Topliss-reactive ketones (excluding diaryl/α,β-unsaturated/α-hetero) is 1. The van der Waals surface area contributed by atoms with Crippen molar-refractivity contribution < 1.29 is 18.8 Å². The van der Waals surface area contributed by atoms with Gasteiger partial charge in [0.05, 0.1) is 18.4 Å². The molecule has 0 saturated carbocycles. The Hall–Kier alpha value is -2.31. The molecule has 1 aliphatic carbocycles. The molecule has 0 spiro atoms. The Kier molecular flexibility index (Phi) is 7.86. The number of carbonyl (C=O) groups excluding carboxylic acids is 2. The monoisotopic (exact) mass is 522 g/mol. The van der Waals surface area contributed by atoms with Crippen molar-refractivity contribution in [2.75, 3.05) is 7.11 Å². The first kappa shape index (κ1) is 26.7. The van der Waals surface area contributed by atoms with Gasteiger partial charge in [-0.05, 0) is 46.5 Å². The van der Waals surface area contributed by atoms with E-state index in [0.29, 0.717) is 22.2 Å². The predicted molar refractivity (Wildman–Crippen MR) is 149 cm³/mol. The highest BCUT2D eigenvalue weighted by Crippen LogP contribution is 2.52. The van der Waals surface area contributed by atoms with Crippen molar-refractivity contribution in [2.24, 2.45) is 5.92 Å². The van der Waals surface area contributed by atoms with Crippen molar-refractivity contribution in [3.63, 3.8) is 0 Å². The molecule has 0 radical (unpaired) electrons.